The zero-order chi connectivity index (χ0) is 48.6. The number of ether oxygens (including phenoxy) is 11. The molecular weight excluding hydrogens is 912 g/mol. The van der Waals surface area contributed by atoms with E-state index in [-0.39, 0.29) is 0 Å². The average molecular weight is 975 g/mol. The molecule has 0 aromatic rings. The fraction of sp³-hybridized carbons (Fsp3) is 1.00. The van der Waals surface area contributed by atoms with Crippen molar-refractivity contribution in [2.24, 2.45) is 0 Å². The van der Waals surface area contributed by atoms with Gasteiger partial charge in [-0.3, -0.25) is 0 Å². The normalized spacial score (nSPS) is 54.0. The van der Waals surface area contributed by atoms with E-state index in [2.05, 4.69) is 0 Å². The molecule has 0 aromatic carbocycles. The molecule has 30 heteroatoms. The second kappa shape index (κ2) is 22.9. The summed E-state index contributed by atoms with van der Waals surface area (Å²) in [5, 5.41) is 199. The lowest BCUT2D eigenvalue weighted by Crippen LogP contribution is -2.67. The van der Waals surface area contributed by atoms with Crippen molar-refractivity contribution in [2.45, 2.75) is 191 Å². The van der Waals surface area contributed by atoms with E-state index in [0.29, 0.717) is 0 Å². The molecule has 0 unspecified atom stereocenters. The van der Waals surface area contributed by atoms with Crippen molar-refractivity contribution in [3.05, 3.63) is 0 Å². The van der Waals surface area contributed by atoms with E-state index in [9.17, 15) is 97.0 Å². The molecular formula is C36H62O30. The molecule has 0 aromatic heterocycles. The predicted molar refractivity (Wildman–Crippen MR) is 198 cm³/mol. The third-order valence-electron chi connectivity index (χ3n) is 12.4. The first kappa shape index (κ1) is 54.1. The number of rotatable bonds is 15. The summed E-state index contributed by atoms with van der Waals surface area (Å²) in [5.41, 5.74) is 0. The molecule has 6 rings (SSSR count). The van der Waals surface area contributed by atoms with E-state index in [1.54, 1.807) is 0 Å². The van der Waals surface area contributed by atoms with Crippen LogP contribution in [0.25, 0.3) is 0 Å². The Morgan fingerprint density at radius 2 is 0.652 bits per heavy atom. The van der Waals surface area contributed by atoms with Gasteiger partial charge in [0.1, 0.15) is 140 Å². The molecule has 6 saturated heterocycles. The predicted octanol–water partition coefficient (Wildman–Crippen LogP) is -13.1. The van der Waals surface area contributed by atoms with E-state index in [1.165, 1.54) is 6.92 Å². The summed E-state index contributed by atoms with van der Waals surface area (Å²) in [6.45, 7) is -3.17. The molecule has 19 N–H and O–H groups in total. The maximum atomic E-state index is 11.5. The Kier molecular flexibility index (Phi) is 18.8. The molecule has 6 fully saturated rings. The van der Waals surface area contributed by atoms with Gasteiger partial charge < -0.3 is 149 Å². The van der Waals surface area contributed by atoms with E-state index in [4.69, 9.17) is 52.1 Å². The number of aliphatic hydroxyl groups excluding tert-OH is 19. The van der Waals surface area contributed by atoms with E-state index in [1.807, 2.05) is 0 Å². The molecule has 0 aliphatic carbocycles. The van der Waals surface area contributed by atoms with Crippen molar-refractivity contribution in [2.75, 3.05) is 33.0 Å². The van der Waals surface area contributed by atoms with Crippen LogP contribution in [0.15, 0.2) is 0 Å². The first-order valence-corrected chi connectivity index (χ1v) is 21.0. The third-order valence-corrected chi connectivity index (χ3v) is 12.4. The number of aliphatic hydroxyl groups is 19. The van der Waals surface area contributed by atoms with Crippen molar-refractivity contribution in [3.63, 3.8) is 0 Å². The standard InChI is InChI=1S/C36H62O30/c1-7-13(40)19(46)25(52)32(58-7)66-30-28(18(45)10(4-39)62-36(30)57-5-11-16(43)20(47)24(51)31(55)59-11)64-34-27(54)22(49)17(44)12(63-34)6-56-35-29(23(50)15(42)9(3-38)61-35)65-33-26(53)21(48)14(41)8(2-37)60-33/h7-55H,2-6H2,1H3/t7-,8+,9+,10+,11+,12+,13+,14+,15+,16+,17-,18-,19+,20-,21-,22-,23-,24-,25-,26-,27+,28-,29-,30+,31-,32-,33+,34+,35-,36+/m0/s1. The highest BCUT2D eigenvalue weighted by atomic mass is 16.8. The van der Waals surface area contributed by atoms with E-state index >= 15 is 0 Å². The summed E-state index contributed by atoms with van der Waals surface area (Å²) < 4.78 is 62.1. The maximum absolute atomic E-state index is 11.5. The smallest absolute Gasteiger partial charge is 0.187 e. The molecule has 0 saturated carbocycles. The lowest BCUT2D eigenvalue weighted by atomic mass is 9.96. The minimum atomic E-state index is -2.20. The van der Waals surface area contributed by atoms with Crippen molar-refractivity contribution >= 4 is 0 Å². The number of hydrogen-bond donors (Lipinski definition) is 19. The van der Waals surface area contributed by atoms with Gasteiger partial charge in [-0.25, -0.2) is 0 Å². The molecule has 0 spiro atoms. The van der Waals surface area contributed by atoms with Crippen LogP contribution >= 0.6 is 0 Å². The molecule has 66 heavy (non-hydrogen) atoms. The Bertz CT molecular complexity index is 1490. The van der Waals surface area contributed by atoms with Gasteiger partial charge in [0.2, 0.25) is 0 Å². The Labute approximate surface area is 373 Å². The molecule has 6 aliphatic heterocycles. The van der Waals surface area contributed by atoms with Crippen LogP contribution in [-0.2, 0) is 52.1 Å². The van der Waals surface area contributed by atoms with Crippen molar-refractivity contribution in [3.8, 4) is 0 Å². The fourth-order valence-electron chi connectivity index (χ4n) is 8.20. The quantitative estimate of drug-likeness (QED) is 0.0724. The summed E-state index contributed by atoms with van der Waals surface area (Å²) >= 11 is 0. The molecule has 386 valence electrons. The van der Waals surface area contributed by atoms with Gasteiger partial charge in [0.15, 0.2) is 37.7 Å². The zero-order valence-electron chi connectivity index (χ0n) is 34.8. The van der Waals surface area contributed by atoms with Gasteiger partial charge in [0.05, 0.1) is 39.1 Å². The maximum Gasteiger partial charge on any atom is 0.187 e. The number of hydrogen-bond acceptors (Lipinski definition) is 30. The first-order valence-electron chi connectivity index (χ1n) is 21.0. The van der Waals surface area contributed by atoms with Gasteiger partial charge in [-0.2, -0.15) is 0 Å². The lowest BCUT2D eigenvalue weighted by Gasteiger charge is -2.49. The Morgan fingerprint density at radius 3 is 1.17 bits per heavy atom. The van der Waals surface area contributed by atoms with Gasteiger partial charge in [0.25, 0.3) is 0 Å². The van der Waals surface area contributed by atoms with Crippen molar-refractivity contribution < 1.29 is 149 Å². The van der Waals surface area contributed by atoms with Crippen LogP contribution in [0, 0.1) is 0 Å². The van der Waals surface area contributed by atoms with Gasteiger partial charge in [-0.15, -0.1) is 0 Å². The molecule has 0 bridgehead atoms. The second-order valence-electron chi connectivity index (χ2n) is 16.8. The lowest BCUT2D eigenvalue weighted by molar-refractivity contribution is -0.396. The van der Waals surface area contributed by atoms with Crippen LogP contribution < -0.4 is 0 Å². The third kappa shape index (κ3) is 11.1. The summed E-state index contributed by atoms with van der Waals surface area (Å²) in [5.74, 6) is 0. The van der Waals surface area contributed by atoms with Gasteiger partial charge >= 0.3 is 0 Å². The minimum absolute atomic E-state index is 0.806. The topological polar surface area (TPSA) is 486 Å². The van der Waals surface area contributed by atoms with Gasteiger partial charge in [-0.05, 0) is 6.92 Å². The van der Waals surface area contributed by atoms with Crippen LogP contribution in [0.4, 0.5) is 0 Å². The Morgan fingerprint density at radius 1 is 0.303 bits per heavy atom. The molecule has 30 atom stereocenters. The SMILES string of the molecule is C[C@@H]1O[C@@H](O[C@H]2[C@H](OC[C@H]3O[C@H](O)[C@@H](O)[C@@H](O)[C@@H]3O)O[C@H](CO)[C@H](O)[C@@H]2O[C@H]2O[C@H](CO[C@H]3O[C@H](CO)[C@@H](O)[C@H](O)[C@@H]3O[C@H]3O[C@H](CO)[C@@H](O)[C@H](O)[C@@H]3O)[C@H](O)[C@H](O)[C@H]2O)[C@@H](O)[C@H](O)[C@@H]1O. The van der Waals surface area contributed by atoms with Crippen LogP contribution in [-0.4, -0.2) is 314 Å². The summed E-state index contributed by atoms with van der Waals surface area (Å²) in [6.07, 6.45) is -56.2. The Hall–Kier alpha value is -1.20. The Balaban J connectivity index is 1.23. The molecule has 0 amide bonds. The van der Waals surface area contributed by atoms with E-state index in [0.717, 1.165) is 0 Å². The van der Waals surface area contributed by atoms with Gasteiger partial charge in [0, 0.05) is 0 Å². The minimum Gasteiger partial charge on any atom is -0.394 e. The van der Waals surface area contributed by atoms with Crippen LogP contribution in [0.1, 0.15) is 6.92 Å². The highest BCUT2D eigenvalue weighted by Crippen LogP contribution is 2.36. The average Bonchev–Trinajstić information content (AvgIpc) is 3.30. The van der Waals surface area contributed by atoms with Crippen LogP contribution in [0.3, 0.4) is 0 Å². The summed E-state index contributed by atoms with van der Waals surface area (Å²) in [7, 11) is 0. The van der Waals surface area contributed by atoms with Crippen molar-refractivity contribution in [1.29, 1.82) is 0 Å². The van der Waals surface area contributed by atoms with Gasteiger partial charge in [-0.1, -0.05) is 0 Å². The summed E-state index contributed by atoms with van der Waals surface area (Å²) in [4.78, 5) is 0. The monoisotopic (exact) mass is 974 g/mol. The zero-order valence-corrected chi connectivity index (χ0v) is 34.8. The van der Waals surface area contributed by atoms with Crippen molar-refractivity contribution in [1.82, 2.24) is 0 Å². The molecule has 6 aliphatic rings. The summed E-state index contributed by atoms with van der Waals surface area (Å²) in [6, 6.07) is 0. The molecule has 30 nitrogen and oxygen atoms in total. The first-order chi connectivity index (χ1) is 31.1. The highest BCUT2D eigenvalue weighted by Gasteiger charge is 2.56. The highest BCUT2D eigenvalue weighted by molar-refractivity contribution is 4.98. The van der Waals surface area contributed by atoms with E-state index < -0.39 is 217 Å². The largest absolute Gasteiger partial charge is 0.394 e. The van der Waals surface area contributed by atoms with Crippen LogP contribution in [0.5, 0.6) is 0 Å². The molecule has 0 radical (unpaired) electrons. The fourth-order valence-corrected chi connectivity index (χ4v) is 8.20. The van der Waals surface area contributed by atoms with Crippen LogP contribution in [0.2, 0.25) is 0 Å². The second-order valence-corrected chi connectivity index (χ2v) is 16.8. The molecule has 6 heterocycles.